The zero-order valence-corrected chi connectivity index (χ0v) is 11.2. The third-order valence-electron chi connectivity index (χ3n) is 3.26. The maximum Gasteiger partial charge on any atom is 0.0294 e. The van der Waals surface area contributed by atoms with Crippen molar-refractivity contribution in [1.29, 1.82) is 0 Å². The second-order valence-electron chi connectivity index (χ2n) is 4.88. The standard InChI is InChI=1S/C14H21NS/c1-10-4-6-13(7-5-10)12(3)15-14-8-11(2)16-9-14/h4-7,11-12,14-15H,8-9H2,1-3H3. The van der Waals surface area contributed by atoms with E-state index in [1.165, 1.54) is 23.3 Å². The van der Waals surface area contributed by atoms with Crippen LogP contribution in [0.1, 0.15) is 37.4 Å². The molecule has 1 aromatic rings. The summed E-state index contributed by atoms with van der Waals surface area (Å²) in [6.07, 6.45) is 1.31. The second-order valence-corrected chi connectivity index (χ2v) is 6.35. The average molecular weight is 235 g/mol. The summed E-state index contributed by atoms with van der Waals surface area (Å²) in [5.41, 5.74) is 2.73. The molecule has 2 heteroatoms. The molecular formula is C14H21NS. The molecule has 1 aliphatic rings. The lowest BCUT2D eigenvalue weighted by Gasteiger charge is -2.19. The van der Waals surface area contributed by atoms with Crippen LogP contribution >= 0.6 is 11.8 Å². The van der Waals surface area contributed by atoms with E-state index in [9.17, 15) is 0 Å². The molecule has 1 aliphatic heterocycles. The SMILES string of the molecule is Cc1ccc(C(C)NC2CSC(C)C2)cc1. The van der Waals surface area contributed by atoms with E-state index in [2.05, 4.69) is 62.1 Å². The van der Waals surface area contributed by atoms with E-state index in [-0.39, 0.29) is 0 Å². The Kier molecular flexibility index (Phi) is 3.93. The van der Waals surface area contributed by atoms with Gasteiger partial charge in [-0.05, 0) is 25.8 Å². The van der Waals surface area contributed by atoms with Crippen LogP contribution in [0.5, 0.6) is 0 Å². The predicted octanol–water partition coefficient (Wildman–Crippen LogP) is 3.54. The predicted molar refractivity (Wildman–Crippen MR) is 73.1 cm³/mol. The highest BCUT2D eigenvalue weighted by Crippen LogP contribution is 2.27. The van der Waals surface area contributed by atoms with Crippen molar-refractivity contribution in [2.45, 2.75) is 44.5 Å². The van der Waals surface area contributed by atoms with Crippen molar-refractivity contribution >= 4 is 11.8 Å². The molecule has 1 nitrogen and oxygen atoms in total. The van der Waals surface area contributed by atoms with Crippen molar-refractivity contribution in [3.05, 3.63) is 35.4 Å². The highest BCUT2D eigenvalue weighted by atomic mass is 32.2. The van der Waals surface area contributed by atoms with Gasteiger partial charge in [0.15, 0.2) is 0 Å². The van der Waals surface area contributed by atoms with Gasteiger partial charge in [-0.1, -0.05) is 36.8 Å². The molecule has 0 aromatic heterocycles. The lowest BCUT2D eigenvalue weighted by atomic mass is 10.0. The third kappa shape index (κ3) is 3.02. The number of nitrogens with one attached hydrogen (secondary N) is 1. The van der Waals surface area contributed by atoms with Crippen LogP contribution in [0.4, 0.5) is 0 Å². The molecule has 0 amide bonds. The summed E-state index contributed by atoms with van der Waals surface area (Å²) in [7, 11) is 0. The van der Waals surface area contributed by atoms with Gasteiger partial charge in [-0.2, -0.15) is 11.8 Å². The van der Waals surface area contributed by atoms with Crippen LogP contribution in [0.3, 0.4) is 0 Å². The molecular weight excluding hydrogens is 214 g/mol. The Labute approximate surface area is 103 Å². The van der Waals surface area contributed by atoms with Crippen LogP contribution in [-0.2, 0) is 0 Å². The van der Waals surface area contributed by atoms with Crippen LogP contribution < -0.4 is 5.32 Å². The average Bonchev–Trinajstić information content (AvgIpc) is 2.65. The van der Waals surface area contributed by atoms with Crippen molar-refractivity contribution < 1.29 is 0 Å². The molecule has 0 saturated carbocycles. The molecule has 0 radical (unpaired) electrons. The van der Waals surface area contributed by atoms with Gasteiger partial charge in [0, 0.05) is 23.1 Å². The van der Waals surface area contributed by atoms with Crippen molar-refractivity contribution in [2.24, 2.45) is 0 Å². The molecule has 0 aliphatic carbocycles. The van der Waals surface area contributed by atoms with Crippen molar-refractivity contribution in [3.63, 3.8) is 0 Å². The van der Waals surface area contributed by atoms with E-state index in [4.69, 9.17) is 0 Å². The van der Waals surface area contributed by atoms with Crippen molar-refractivity contribution in [1.82, 2.24) is 5.32 Å². The minimum atomic E-state index is 0.469. The van der Waals surface area contributed by atoms with Gasteiger partial charge in [0.2, 0.25) is 0 Å². The van der Waals surface area contributed by atoms with Gasteiger partial charge in [0.05, 0.1) is 0 Å². The normalized spacial score (nSPS) is 26.9. The Morgan fingerprint density at radius 1 is 1.31 bits per heavy atom. The third-order valence-corrected chi connectivity index (χ3v) is 4.62. The van der Waals surface area contributed by atoms with Gasteiger partial charge in [0.25, 0.3) is 0 Å². The van der Waals surface area contributed by atoms with Crippen LogP contribution in [0.25, 0.3) is 0 Å². The van der Waals surface area contributed by atoms with Crippen LogP contribution in [0, 0.1) is 6.92 Å². The lowest BCUT2D eigenvalue weighted by molar-refractivity contribution is 0.474. The summed E-state index contributed by atoms with van der Waals surface area (Å²) < 4.78 is 0. The molecule has 1 saturated heterocycles. The molecule has 0 bridgehead atoms. The van der Waals surface area contributed by atoms with E-state index in [0.717, 1.165) is 5.25 Å². The molecule has 88 valence electrons. The topological polar surface area (TPSA) is 12.0 Å². The summed E-state index contributed by atoms with van der Waals surface area (Å²) in [6, 6.07) is 10.0. The first-order valence-corrected chi connectivity index (χ1v) is 7.14. The minimum Gasteiger partial charge on any atom is -0.307 e. The molecule has 2 rings (SSSR count). The Morgan fingerprint density at radius 2 is 2.00 bits per heavy atom. The second kappa shape index (κ2) is 5.24. The molecule has 3 atom stereocenters. The van der Waals surface area contributed by atoms with E-state index >= 15 is 0 Å². The molecule has 0 spiro atoms. The van der Waals surface area contributed by atoms with Crippen molar-refractivity contribution in [3.8, 4) is 0 Å². The quantitative estimate of drug-likeness (QED) is 0.860. The molecule has 1 N–H and O–H groups in total. The molecule has 1 fully saturated rings. The molecule has 16 heavy (non-hydrogen) atoms. The highest BCUT2D eigenvalue weighted by Gasteiger charge is 2.23. The number of hydrogen-bond donors (Lipinski definition) is 1. The number of benzene rings is 1. The molecule has 1 aromatic carbocycles. The van der Waals surface area contributed by atoms with E-state index in [1.807, 2.05) is 0 Å². The van der Waals surface area contributed by atoms with Crippen molar-refractivity contribution in [2.75, 3.05) is 5.75 Å². The number of rotatable bonds is 3. The summed E-state index contributed by atoms with van der Waals surface area (Å²) in [5.74, 6) is 1.26. The van der Waals surface area contributed by atoms with Gasteiger partial charge in [-0.25, -0.2) is 0 Å². The van der Waals surface area contributed by atoms with E-state index in [0.29, 0.717) is 12.1 Å². The maximum atomic E-state index is 3.72. The maximum absolute atomic E-state index is 3.72. The highest BCUT2D eigenvalue weighted by molar-refractivity contribution is 8.00. The first-order valence-electron chi connectivity index (χ1n) is 6.09. The van der Waals surface area contributed by atoms with E-state index < -0.39 is 0 Å². The van der Waals surface area contributed by atoms with Gasteiger partial charge in [0.1, 0.15) is 0 Å². The summed E-state index contributed by atoms with van der Waals surface area (Å²) >= 11 is 2.08. The number of aryl methyl sites for hydroxylation is 1. The van der Waals surface area contributed by atoms with Gasteiger partial charge in [-0.15, -0.1) is 0 Å². The monoisotopic (exact) mass is 235 g/mol. The zero-order valence-electron chi connectivity index (χ0n) is 10.4. The Morgan fingerprint density at radius 3 is 2.56 bits per heavy atom. The lowest BCUT2D eigenvalue weighted by Crippen LogP contribution is -2.31. The van der Waals surface area contributed by atoms with Crippen LogP contribution in [0.15, 0.2) is 24.3 Å². The Hall–Kier alpha value is -0.470. The Balaban J connectivity index is 1.92. The molecule has 3 unspecified atom stereocenters. The fourth-order valence-electron chi connectivity index (χ4n) is 2.24. The zero-order chi connectivity index (χ0) is 11.5. The largest absolute Gasteiger partial charge is 0.307 e. The smallest absolute Gasteiger partial charge is 0.0294 e. The van der Waals surface area contributed by atoms with Crippen LogP contribution in [-0.4, -0.2) is 17.0 Å². The fraction of sp³-hybridized carbons (Fsp3) is 0.571. The minimum absolute atomic E-state index is 0.469. The number of hydrogen-bond acceptors (Lipinski definition) is 2. The van der Waals surface area contributed by atoms with Gasteiger partial charge >= 0.3 is 0 Å². The molecule has 1 heterocycles. The first kappa shape index (κ1) is 12.0. The van der Waals surface area contributed by atoms with E-state index in [1.54, 1.807) is 0 Å². The van der Waals surface area contributed by atoms with Gasteiger partial charge in [-0.3, -0.25) is 0 Å². The first-order chi connectivity index (χ1) is 7.65. The number of thioether (sulfide) groups is 1. The Bertz CT molecular complexity index is 333. The fourth-order valence-corrected chi connectivity index (χ4v) is 3.40. The summed E-state index contributed by atoms with van der Waals surface area (Å²) in [5, 5.41) is 4.55. The summed E-state index contributed by atoms with van der Waals surface area (Å²) in [6.45, 7) is 6.72. The summed E-state index contributed by atoms with van der Waals surface area (Å²) in [4.78, 5) is 0. The van der Waals surface area contributed by atoms with Gasteiger partial charge < -0.3 is 5.32 Å². The van der Waals surface area contributed by atoms with Crippen LogP contribution in [0.2, 0.25) is 0 Å².